The first-order chi connectivity index (χ1) is 13.4. The van der Waals surface area contributed by atoms with Crippen molar-refractivity contribution in [2.45, 2.75) is 37.8 Å². The molecule has 0 aliphatic heterocycles. The van der Waals surface area contributed by atoms with E-state index in [1.807, 2.05) is 41.1 Å². The Bertz CT molecular complexity index is 1090. The lowest BCUT2D eigenvalue weighted by Gasteiger charge is -2.29. The van der Waals surface area contributed by atoms with Gasteiger partial charge in [0.1, 0.15) is 5.02 Å². The topological polar surface area (TPSA) is 88.9 Å². The van der Waals surface area contributed by atoms with Gasteiger partial charge >= 0.3 is 0 Å². The molecule has 0 saturated heterocycles. The van der Waals surface area contributed by atoms with Gasteiger partial charge in [-0.2, -0.15) is 4.98 Å². The van der Waals surface area contributed by atoms with E-state index in [2.05, 4.69) is 20.0 Å². The molecule has 0 radical (unpaired) electrons. The SMILES string of the molecule is CS(=O)(=O)N[C@H]1CC[C@H](Nc2ncc(Cl)c(-n3ccc4ccccc43)n2)CC1. The Morgan fingerprint density at radius 3 is 2.57 bits per heavy atom. The van der Waals surface area contributed by atoms with Crippen LogP contribution in [-0.2, 0) is 10.0 Å². The van der Waals surface area contributed by atoms with E-state index in [1.54, 1.807) is 6.20 Å². The molecule has 1 aliphatic rings. The number of hydrogen-bond acceptors (Lipinski definition) is 5. The van der Waals surface area contributed by atoms with E-state index in [0.717, 1.165) is 36.6 Å². The molecule has 0 spiro atoms. The molecular weight excluding hydrogens is 398 g/mol. The van der Waals surface area contributed by atoms with Gasteiger partial charge in [-0.25, -0.2) is 18.1 Å². The molecule has 0 bridgehead atoms. The van der Waals surface area contributed by atoms with Crippen molar-refractivity contribution >= 4 is 38.5 Å². The van der Waals surface area contributed by atoms with Crippen LogP contribution in [0.4, 0.5) is 5.95 Å². The summed E-state index contributed by atoms with van der Waals surface area (Å²) >= 11 is 6.37. The fraction of sp³-hybridized carbons (Fsp3) is 0.368. The predicted molar refractivity (Wildman–Crippen MR) is 112 cm³/mol. The average molecular weight is 420 g/mol. The van der Waals surface area contributed by atoms with Crippen LogP contribution in [-0.4, -0.2) is 41.3 Å². The molecule has 0 amide bonds. The fourth-order valence-electron chi connectivity index (χ4n) is 3.71. The minimum Gasteiger partial charge on any atom is -0.351 e. The van der Waals surface area contributed by atoms with Crippen LogP contribution in [0.25, 0.3) is 16.7 Å². The van der Waals surface area contributed by atoms with Crippen molar-refractivity contribution < 1.29 is 8.42 Å². The summed E-state index contributed by atoms with van der Waals surface area (Å²) in [6, 6.07) is 10.3. The van der Waals surface area contributed by atoms with Gasteiger partial charge in [0.25, 0.3) is 0 Å². The Morgan fingerprint density at radius 2 is 1.82 bits per heavy atom. The maximum absolute atomic E-state index is 11.4. The van der Waals surface area contributed by atoms with Crippen molar-refractivity contribution in [3.8, 4) is 5.82 Å². The summed E-state index contributed by atoms with van der Waals surface area (Å²) in [6.45, 7) is 0. The fourth-order valence-corrected chi connectivity index (χ4v) is 4.73. The lowest BCUT2D eigenvalue weighted by atomic mass is 9.92. The Hall–Kier alpha value is -2.16. The van der Waals surface area contributed by atoms with Crippen molar-refractivity contribution in [2.75, 3.05) is 11.6 Å². The second-order valence-electron chi connectivity index (χ2n) is 7.19. The van der Waals surface area contributed by atoms with Gasteiger partial charge < -0.3 is 5.32 Å². The summed E-state index contributed by atoms with van der Waals surface area (Å²) in [7, 11) is -3.17. The van der Waals surface area contributed by atoms with Crippen molar-refractivity contribution in [2.24, 2.45) is 0 Å². The first-order valence-electron chi connectivity index (χ1n) is 9.22. The normalized spacial score (nSPS) is 20.4. The van der Waals surface area contributed by atoms with Crippen molar-refractivity contribution in [3.63, 3.8) is 0 Å². The quantitative estimate of drug-likeness (QED) is 0.662. The van der Waals surface area contributed by atoms with Gasteiger partial charge in [0.2, 0.25) is 16.0 Å². The molecule has 28 heavy (non-hydrogen) atoms. The van der Waals surface area contributed by atoms with Crippen molar-refractivity contribution in [3.05, 3.63) is 47.7 Å². The number of sulfonamides is 1. The Labute approximate surface area is 169 Å². The number of benzene rings is 1. The minimum atomic E-state index is -3.17. The molecule has 7 nitrogen and oxygen atoms in total. The molecular formula is C19H22ClN5O2S. The van der Waals surface area contributed by atoms with Gasteiger partial charge in [0.15, 0.2) is 5.82 Å². The maximum Gasteiger partial charge on any atom is 0.224 e. The monoisotopic (exact) mass is 419 g/mol. The third kappa shape index (κ3) is 4.29. The number of hydrogen-bond donors (Lipinski definition) is 2. The van der Waals surface area contributed by atoms with E-state index in [1.165, 1.54) is 6.26 Å². The van der Waals surface area contributed by atoms with E-state index >= 15 is 0 Å². The molecule has 0 atom stereocenters. The van der Waals surface area contributed by atoms with Gasteiger partial charge in [-0.15, -0.1) is 0 Å². The highest BCUT2D eigenvalue weighted by Crippen LogP contribution is 2.26. The maximum atomic E-state index is 11.4. The number of nitrogens with one attached hydrogen (secondary N) is 2. The van der Waals surface area contributed by atoms with Gasteiger partial charge in [-0.05, 0) is 43.2 Å². The van der Waals surface area contributed by atoms with E-state index < -0.39 is 10.0 Å². The summed E-state index contributed by atoms with van der Waals surface area (Å²) in [5.41, 5.74) is 1.03. The first kappa shape index (κ1) is 19.2. The molecule has 1 aliphatic carbocycles. The molecule has 1 aromatic carbocycles. The molecule has 2 heterocycles. The Balaban J connectivity index is 1.49. The summed E-state index contributed by atoms with van der Waals surface area (Å²) in [6.07, 6.45) is 8.02. The zero-order valence-corrected chi connectivity index (χ0v) is 17.0. The number of rotatable bonds is 5. The van der Waals surface area contributed by atoms with Crippen molar-refractivity contribution in [1.29, 1.82) is 0 Å². The lowest BCUT2D eigenvalue weighted by Crippen LogP contribution is -2.39. The number of para-hydroxylation sites is 1. The third-order valence-corrected chi connectivity index (χ3v) is 6.02. The van der Waals surface area contributed by atoms with Gasteiger partial charge in [0, 0.05) is 18.3 Å². The summed E-state index contributed by atoms with van der Waals surface area (Å²) in [4.78, 5) is 8.96. The van der Waals surface area contributed by atoms with Crippen LogP contribution in [0.1, 0.15) is 25.7 Å². The molecule has 2 N–H and O–H groups in total. The average Bonchev–Trinajstić information content (AvgIpc) is 3.08. The van der Waals surface area contributed by atoms with Crippen LogP contribution in [0.3, 0.4) is 0 Å². The minimum absolute atomic E-state index is 0.000913. The van der Waals surface area contributed by atoms with Crippen LogP contribution in [0, 0.1) is 0 Å². The van der Waals surface area contributed by atoms with Crippen molar-refractivity contribution in [1.82, 2.24) is 19.3 Å². The molecule has 1 saturated carbocycles. The predicted octanol–water partition coefficient (Wildman–Crippen LogP) is 3.35. The van der Waals surface area contributed by atoms with Crippen LogP contribution in [0.15, 0.2) is 42.7 Å². The van der Waals surface area contributed by atoms with Gasteiger partial charge in [-0.1, -0.05) is 29.8 Å². The first-order valence-corrected chi connectivity index (χ1v) is 11.5. The highest BCUT2D eigenvalue weighted by atomic mass is 35.5. The Morgan fingerprint density at radius 1 is 1.11 bits per heavy atom. The standard InChI is InChI=1S/C19H22ClN5O2S/c1-28(26,27)24-15-8-6-14(7-9-15)22-19-21-12-16(20)18(23-19)25-11-10-13-4-2-3-5-17(13)25/h2-5,10-12,14-15,24H,6-9H2,1H3,(H,21,22,23)/t14-,15-. The van der Waals surface area contributed by atoms with Crippen LogP contribution < -0.4 is 10.0 Å². The molecule has 148 valence electrons. The Kier molecular flexibility index (Phi) is 5.27. The van der Waals surface area contributed by atoms with Crippen LogP contribution in [0.5, 0.6) is 0 Å². The largest absolute Gasteiger partial charge is 0.351 e. The highest BCUT2D eigenvalue weighted by Gasteiger charge is 2.24. The smallest absolute Gasteiger partial charge is 0.224 e. The molecule has 0 unspecified atom stereocenters. The molecule has 4 rings (SSSR count). The molecule has 9 heteroatoms. The second-order valence-corrected chi connectivity index (χ2v) is 9.38. The third-order valence-electron chi connectivity index (χ3n) is 4.99. The van der Waals surface area contributed by atoms with E-state index in [9.17, 15) is 8.42 Å². The summed E-state index contributed by atoms with van der Waals surface area (Å²) < 4.78 is 27.4. The van der Waals surface area contributed by atoms with Crippen LogP contribution >= 0.6 is 11.6 Å². The van der Waals surface area contributed by atoms with Crippen LogP contribution in [0.2, 0.25) is 5.02 Å². The zero-order valence-electron chi connectivity index (χ0n) is 15.5. The summed E-state index contributed by atoms with van der Waals surface area (Å²) in [5.74, 6) is 1.16. The lowest BCUT2D eigenvalue weighted by molar-refractivity contribution is 0.387. The van der Waals surface area contributed by atoms with E-state index in [0.29, 0.717) is 16.8 Å². The van der Waals surface area contributed by atoms with Gasteiger partial charge in [-0.3, -0.25) is 4.57 Å². The number of anilines is 1. The summed E-state index contributed by atoms with van der Waals surface area (Å²) in [5, 5.41) is 4.96. The number of fused-ring (bicyclic) bond motifs is 1. The number of aromatic nitrogens is 3. The van der Waals surface area contributed by atoms with Gasteiger partial charge in [0.05, 0.1) is 18.0 Å². The number of nitrogens with zero attached hydrogens (tertiary/aromatic N) is 3. The molecule has 1 fully saturated rings. The second kappa shape index (κ2) is 7.69. The zero-order chi connectivity index (χ0) is 19.7. The number of halogens is 1. The molecule has 3 aromatic rings. The van der Waals surface area contributed by atoms with E-state index in [-0.39, 0.29) is 12.1 Å². The van der Waals surface area contributed by atoms with E-state index in [4.69, 9.17) is 11.6 Å². The molecule has 2 aromatic heterocycles. The highest BCUT2D eigenvalue weighted by molar-refractivity contribution is 7.88.